The zero-order valence-corrected chi connectivity index (χ0v) is 20.6. The molecule has 0 spiro atoms. The number of pyridine rings is 2. The summed E-state index contributed by atoms with van der Waals surface area (Å²) in [6.07, 6.45) is 11.3. The van der Waals surface area contributed by atoms with Crippen molar-refractivity contribution in [2.24, 2.45) is 0 Å². The molecule has 184 valence electrons. The van der Waals surface area contributed by atoms with Gasteiger partial charge >= 0.3 is 6.03 Å². The summed E-state index contributed by atoms with van der Waals surface area (Å²) in [5.41, 5.74) is 7.26. The van der Waals surface area contributed by atoms with Gasteiger partial charge in [-0.05, 0) is 85.5 Å². The minimum atomic E-state index is -4.12. The molecule has 2 aliphatic rings. The Morgan fingerprint density at radius 1 is 1.11 bits per heavy atom. The van der Waals surface area contributed by atoms with Gasteiger partial charge in [0.2, 0.25) is 0 Å². The number of benzene rings is 1. The molecule has 3 aromatic heterocycles. The lowest BCUT2D eigenvalue weighted by atomic mass is 9.93. The Balaban J connectivity index is 1.32. The molecule has 2 amide bonds. The highest BCUT2D eigenvalue weighted by Gasteiger charge is 2.26. The predicted molar refractivity (Wildman–Crippen MR) is 138 cm³/mol. The van der Waals surface area contributed by atoms with E-state index in [2.05, 4.69) is 31.5 Å². The van der Waals surface area contributed by atoms with Crippen LogP contribution in [0.25, 0.3) is 16.6 Å². The van der Waals surface area contributed by atoms with Gasteiger partial charge < -0.3 is 10.6 Å². The van der Waals surface area contributed by atoms with E-state index >= 15 is 0 Å². The van der Waals surface area contributed by atoms with Crippen molar-refractivity contribution in [3.05, 3.63) is 71.8 Å². The lowest BCUT2D eigenvalue weighted by Gasteiger charge is -2.19. The Morgan fingerprint density at radius 2 is 1.97 bits per heavy atom. The Kier molecular flexibility index (Phi) is 5.40. The number of sulfonamides is 1. The van der Waals surface area contributed by atoms with Crippen LogP contribution in [0.3, 0.4) is 0 Å². The molecule has 0 bridgehead atoms. The van der Waals surface area contributed by atoms with E-state index in [9.17, 15) is 13.2 Å². The molecule has 10 heteroatoms. The molecule has 4 aromatic rings. The van der Waals surface area contributed by atoms with Crippen LogP contribution in [-0.2, 0) is 22.9 Å². The van der Waals surface area contributed by atoms with E-state index in [0.29, 0.717) is 17.4 Å². The van der Waals surface area contributed by atoms with Crippen LogP contribution in [0.1, 0.15) is 36.0 Å². The first kappa shape index (κ1) is 22.5. The van der Waals surface area contributed by atoms with Crippen molar-refractivity contribution in [2.75, 3.05) is 10.6 Å². The Hall–Kier alpha value is -3.92. The minimum absolute atomic E-state index is 0.0656. The number of rotatable bonds is 6. The highest BCUT2D eigenvalue weighted by Crippen LogP contribution is 2.40. The number of aromatic nitrogens is 3. The monoisotopic (exact) mass is 502 g/mol. The minimum Gasteiger partial charge on any atom is -0.381 e. The Bertz CT molecular complexity index is 1610. The zero-order valence-electron chi connectivity index (χ0n) is 19.8. The summed E-state index contributed by atoms with van der Waals surface area (Å²) < 4.78 is 30.0. The predicted octanol–water partition coefficient (Wildman–Crippen LogP) is 4.28. The van der Waals surface area contributed by atoms with E-state index in [-0.39, 0.29) is 4.90 Å². The van der Waals surface area contributed by atoms with Crippen LogP contribution in [0.15, 0.2) is 60.0 Å². The molecule has 0 radical (unpaired) electrons. The van der Waals surface area contributed by atoms with Crippen molar-refractivity contribution in [2.45, 2.75) is 50.0 Å². The molecule has 9 nitrogen and oxygen atoms in total. The highest BCUT2D eigenvalue weighted by atomic mass is 32.2. The fourth-order valence-electron chi connectivity index (χ4n) is 4.91. The Morgan fingerprint density at radius 3 is 2.81 bits per heavy atom. The number of amides is 2. The van der Waals surface area contributed by atoms with Gasteiger partial charge in [-0.1, -0.05) is 6.07 Å². The van der Waals surface area contributed by atoms with Crippen LogP contribution in [-0.4, -0.2) is 35.1 Å². The lowest BCUT2D eigenvalue weighted by Crippen LogP contribution is -2.35. The summed E-state index contributed by atoms with van der Waals surface area (Å²) in [7, 11) is -4.12. The summed E-state index contributed by atoms with van der Waals surface area (Å²) >= 11 is 0. The second-order valence-electron chi connectivity index (χ2n) is 9.44. The summed E-state index contributed by atoms with van der Waals surface area (Å²) in [6, 6.07) is 9.10. The van der Waals surface area contributed by atoms with Crippen LogP contribution in [0, 0.1) is 6.92 Å². The molecule has 1 aromatic carbocycles. The van der Waals surface area contributed by atoms with Crippen molar-refractivity contribution in [3.63, 3.8) is 0 Å². The molecule has 0 aliphatic heterocycles. The molecule has 3 heterocycles. The normalized spacial score (nSPS) is 15.0. The van der Waals surface area contributed by atoms with Crippen molar-refractivity contribution in [3.8, 4) is 11.1 Å². The maximum atomic E-state index is 13.1. The maximum Gasteiger partial charge on any atom is 0.333 e. The van der Waals surface area contributed by atoms with Crippen LogP contribution < -0.4 is 15.4 Å². The lowest BCUT2D eigenvalue weighted by molar-refractivity contribution is 0.256. The quantitative estimate of drug-likeness (QED) is 0.362. The number of hydrogen-bond donors (Lipinski definition) is 3. The zero-order chi connectivity index (χ0) is 24.9. The second-order valence-corrected chi connectivity index (χ2v) is 11.1. The standard InChI is InChI=1S/C26H26N6O3S/c1-16-11-17-3-2-4-23(17)25(24(16)18-8-10-32-21(12-18)7-9-28-32)30-26(33)31-36(34,35)22-13-20(14-27-15-22)29-19-5-6-19/h7-15,19,29H,2-6H2,1H3,(H2,30,31,33). The van der Waals surface area contributed by atoms with Crippen molar-refractivity contribution >= 4 is 32.9 Å². The van der Waals surface area contributed by atoms with Crippen molar-refractivity contribution < 1.29 is 13.2 Å². The number of fused-ring (bicyclic) bond motifs is 2. The van der Waals surface area contributed by atoms with Gasteiger partial charge in [0, 0.05) is 30.2 Å². The smallest absolute Gasteiger partial charge is 0.333 e. The molecular formula is C26H26N6O3S. The largest absolute Gasteiger partial charge is 0.381 e. The molecule has 0 saturated heterocycles. The molecule has 1 saturated carbocycles. The van der Waals surface area contributed by atoms with E-state index in [1.54, 1.807) is 16.9 Å². The van der Waals surface area contributed by atoms with Gasteiger partial charge in [0.05, 0.1) is 23.1 Å². The number of nitrogens with zero attached hydrogens (tertiary/aromatic N) is 3. The van der Waals surface area contributed by atoms with Gasteiger partial charge in [0.1, 0.15) is 4.90 Å². The third kappa shape index (κ3) is 4.28. The van der Waals surface area contributed by atoms with Crippen molar-refractivity contribution in [1.29, 1.82) is 0 Å². The molecule has 6 rings (SSSR count). The van der Waals surface area contributed by atoms with Crippen LogP contribution in [0.4, 0.5) is 16.2 Å². The van der Waals surface area contributed by atoms with Crippen LogP contribution >= 0.6 is 0 Å². The summed E-state index contributed by atoms with van der Waals surface area (Å²) in [5.74, 6) is 0. The van der Waals surface area contributed by atoms with Gasteiger partial charge in [0.25, 0.3) is 10.0 Å². The molecule has 36 heavy (non-hydrogen) atoms. The molecule has 1 fully saturated rings. The fraction of sp³-hybridized carbons (Fsp3) is 0.269. The number of aryl methyl sites for hydroxylation is 2. The molecule has 3 N–H and O–H groups in total. The van der Waals surface area contributed by atoms with Gasteiger partial charge in [-0.15, -0.1) is 0 Å². The van der Waals surface area contributed by atoms with Gasteiger partial charge in [-0.2, -0.15) is 5.10 Å². The highest BCUT2D eigenvalue weighted by molar-refractivity contribution is 7.90. The average molecular weight is 503 g/mol. The molecule has 0 unspecified atom stereocenters. The number of carbonyl (C=O) groups excluding carboxylic acids is 1. The molecule has 2 aliphatic carbocycles. The number of carbonyl (C=O) groups is 1. The number of anilines is 2. The third-order valence-electron chi connectivity index (χ3n) is 6.72. The van der Waals surface area contributed by atoms with Gasteiger partial charge in [-0.25, -0.2) is 22.4 Å². The van der Waals surface area contributed by atoms with Crippen LogP contribution in [0.2, 0.25) is 0 Å². The summed E-state index contributed by atoms with van der Waals surface area (Å²) in [4.78, 5) is 17.1. The molecular weight excluding hydrogens is 476 g/mol. The topological polar surface area (TPSA) is 117 Å². The first-order chi connectivity index (χ1) is 17.4. The Labute approximate surface area is 209 Å². The summed E-state index contributed by atoms with van der Waals surface area (Å²) in [5, 5.41) is 10.4. The van der Waals surface area contributed by atoms with Gasteiger partial charge in [-0.3, -0.25) is 4.98 Å². The SMILES string of the molecule is Cc1cc2c(c(NC(=O)NS(=O)(=O)c3cncc(NC4CC4)c3)c1-c1ccn3nccc3c1)CCC2. The second kappa shape index (κ2) is 8.63. The number of urea groups is 1. The summed E-state index contributed by atoms with van der Waals surface area (Å²) in [6.45, 7) is 2.01. The van der Waals surface area contributed by atoms with E-state index in [1.165, 1.54) is 17.8 Å². The van der Waals surface area contributed by atoms with E-state index in [1.807, 2.05) is 31.3 Å². The molecule has 0 atom stereocenters. The number of nitrogens with one attached hydrogen (secondary N) is 3. The van der Waals surface area contributed by atoms with Crippen molar-refractivity contribution in [1.82, 2.24) is 19.3 Å². The van der Waals surface area contributed by atoms with E-state index in [0.717, 1.165) is 59.9 Å². The maximum absolute atomic E-state index is 13.1. The first-order valence-electron chi connectivity index (χ1n) is 12.0. The first-order valence-corrected chi connectivity index (χ1v) is 13.5. The van der Waals surface area contributed by atoms with Crippen LogP contribution in [0.5, 0.6) is 0 Å². The average Bonchev–Trinajstić information content (AvgIpc) is 3.32. The number of hydrogen-bond acceptors (Lipinski definition) is 6. The third-order valence-corrected chi connectivity index (χ3v) is 8.02. The van der Waals surface area contributed by atoms with E-state index < -0.39 is 16.1 Å². The van der Waals surface area contributed by atoms with E-state index in [4.69, 9.17) is 0 Å². The van der Waals surface area contributed by atoms with Gasteiger partial charge in [0.15, 0.2) is 0 Å². The fourth-order valence-corrected chi connectivity index (χ4v) is 5.80.